The Bertz CT molecular complexity index is 666. The van der Waals surface area contributed by atoms with Gasteiger partial charge in [-0.05, 0) is 25.0 Å². The second-order valence-corrected chi connectivity index (χ2v) is 5.49. The monoisotopic (exact) mass is 317 g/mol. The molecule has 4 N–H and O–H groups in total. The van der Waals surface area contributed by atoms with Crippen LogP contribution in [0.1, 0.15) is 18.6 Å². The number of anilines is 3. The number of nitrogens with zero attached hydrogens (tertiary/aromatic N) is 3. The zero-order chi connectivity index (χ0) is 16.2. The summed E-state index contributed by atoms with van der Waals surface area (Å²) in [6.07, 6.45) is 4.25. The van der Waals surface area contributed by atoms with Gasteiger partial charge in [-0.3, -0.25) is 4.79 Å². The number of rotatable bonds is 5. The lowest BCUT2D eigenvalue weighted by Gasteiger charge is -2.31. The Kier molecular flexibility index (Phi) is 4.31. The molecule has 1 saturated heterocycles. The molecular formula is C15H19N5O3. The van der Waals surface area contributed by atoms with Gasteiger partial charge >= 0.3 is 5.97 Å². The highest BCUT2D eigenvalue weighted by Gasteiger charge is 2.26. The molecule has 0 radical (unpaired) electrons. The highest BCUT2D eigenvalue weighted by molar-refractivity contribution is 5.75. The highest BCUT2D eigenvalue weighted by atomic mass is 16.4. The van der Waals surface area contributed by atoms with Crippen molar-refractivity contribution in [2.24, 2.45) is 5.92 Å². The van der Waals surface area contributed by atoms with E-state index in [1.165, 1.54) is 6.33 Å². The molecule has 0 saturated carbocycles. The van der Waals surface area contributed by atoms with E-state index in [0.717, 1.165) is 5.76 Å². The molecule has 2 aromatic heterocycles. The Morgan fingerprint density at radius 1 is 1.43 bits per heavy atom. The van der Waals surface area contributed by atoms with E-state index in [-0.39, 0.29) is 5.92 Å². The van der Waals surface area contributed by atoms with Gasteiger partial charge in [-0.2, -0.15) is 0 Å². The quantitative estimate of drug-likeness (QED) is 0.760. The van der Waals surface area contributed by atoms with Crippen LogP contribution in [0.3, 0.4) is 0 Å². The summed E-state index contributed by atoms with van der Waals surface area (Å²) >= 11 is 0. The zero-order valence-electron chi connectivity index (χ0n) is 12.6. The third-order valence-corrected chi connectivity index (χ3v) is 4.02. The van der Waals surface area contributed by atoms with Crippen LogP contribution in [0.5, 0.6) is 0 Å². The van der Waals surface area contributed by atoms with Crippen molar-refractivity contribution in [1.29, 1.82) is 0 Å². The van der Waals surface area contributed by atoms with Crippen LogP contribution in [0.15, 0.2) is 29.1 Å². The van der Waals surface area contributed by atoms with Crippen LogP contribution >= 0.6 is 0 Å². The maximum Gasteiger partial charge on any atom is 0.306 e. The number of piperidine rings is 1. The van der Waals surface area contributed by atoms with Gasteiger partial charge in [-0.15, -0.1) is 0 Å². The molecule has 3 rings (SSSR count). The summed E-state index contributed by atoms with van der Waals surface area (Å²) in [7, 11) is 0. The van der Waals surface area contributed by atoms with Crippen LogP contribution in [-0.4, -0.2) is 34.1 Å². The maximum atomic E-state index is 11.0. The largest absolute Gasteiger partial charge is 0.481 e. The molecule has 1 aliphatic heterocycles. The van der Waals surface area contributed by atoms with Crippen molar-refractivity contribution in [3.8, 4) is 0 Å². The molecule has 0 aromatic carbocycles. The van der Waals surface area contributed by atoms with Gasteiger partial charge in [0.25, 0.3) is 0 Å². The predicted molar refractivity (Wildman–Crippen MR) is 85.1 cm³/mol. The third kappa shape index (κ3) is 3.36. The highest BCUT2D eigenvalue weighted by Crippen LogP contribution is 2.29. The minimum absolute atomic E-state index is 0.286. The van der Waals surface area contributed by atoms with Crippen LogP contribution in [-0.2, 0) is 11.3 Å². The number of carboxylic acids is 1. The molecule has 1 aliphatic rings. The zero-order valence-corrected chi connectivity index (χ0v) is 12.6. The van der Waals surface area contributed by atoms with Crippen molar-refractivity contribution in [2.75, 3.05) is 29.0 Å². The van der Waals surface area contributed by atoms with Gasteiger partial charge < -0.3 is 25.5 Å². The molecule has 8 nitrogen and oxygen atoms in total. The third-order valence-electron chi connectivity index (χ3n) is 4.02. The van der Waals surface area contributed by atoms with E-state index in [0.29, 0.717) is 49.8 Å². The van der Waals surface area contributed by atoms with E-state index in [4.69, 9.17) is 15.3 Å². The average molecular weight is 317 g/mol. The van der Waals surface area contributed by atoms with Gasteiger partial charge in [-0.25, -0.2) is 9.97 Å². The van der Waals surface area contributed by atoms with Crippen LogP contribution in [0.25, 0.3) is 0 Å². The molecule has 8 heteroatoms. The van der Waals surface area contributed by atoms with E-state index in [9.17, 15) is 4.79 Å². The fourth-order valence-electron chi connectivity index (χ4n) is 2.70. The Labute approximate surface area is 133 Å². The number of hydrogen-bond acceptors (Lipinski definition) is 7. The lowest BCUT2D eigenvalue weighted by molar-refractivity contribution is -0.142. The Hall–Kier alpha value is -2.77. The molecule has 2 aromatic rings. The fraction of sp³-hybridized carbons (Fsp3) is 0.400. The number of hydrogen-bond donors (Lipinski definition) is 3. The second kappa shape index (κ2) is 6.55. The van der Waals surface area contributed by atoms with Crippen molar-refractivity contribution >= 4 is 23.3 Å². The van der Waals surface area contributed by atoms with Gasteiger partial charge in [-0.1, -0.05) is 0 Å². The SMILES string of the molecule is Nc1c(NCc2ccco2)ncnc1N1CCC(C(=O)O)CC1. The number of furan rings is 1. The molecule has 1 fully saturated rings. The summed E-state index contributed by atoms with van der Waals surface area (Å²) in [6, 6.07) is 3.68. The van der Waals surface area contributed by atoms with Crippen LogP contribution in [0.4, 0.5) is 17.3 Å². The van der Waals surface area contributed by atoms with E-state index < -0.39 is 5.97 Å². The van der Waals surface area contributed by atoms with Gasteiger partial charge in [0.15, 0.2) is 11.6 Å². The first-order valence-electron chi connectivity index (χ1n) is 7.49. The maximum absolute atomic E-state index is 11.0. The Balaban J connectivity index is 1.68. The van der Waals surface area contributed by atoms with Crippen LogP contribution in [0, 0.1) is 5.92 Å². The number of carbonyl (C=O) groups is 1. The Morgan fingerprint density at radius 3 is 2.87 bits per heavy atom. The molecule has 0 spiro atoms. The minimum atomic E-state index is -0.735. The van der Waals surface area contributed by atoms with Crippen molar-refractivity contribution in [1.82, 2.24) is 9.97 Å². The molecular weight excluding hydrogens is 298 g/mol. The molecule has 0 atom stereocenters. The molecule has 0 aliphatic carbocycles. The van der Waals surface area contributed by atoms with Gasteiger partial charge in [0.2, 0.25) is 0 Å². The minimum Gasteiger partial charge on any atom is -0.481 e. The molecule has 23 heavy (non-hydrogen) atoms. The topological polar surface area (TPSA) is 118 Å². The first-order chi connectivity index (χ1) is 11.1. The van der Waals surface area contributed by atoms with Gasteiger partial charge in [0, 0.05) is 13.1 Å². The number of aromatic nitrogens is 2. The van der Waals surface area contributed by atoms with Crippen molar-refractivity contribution in [2.45, 2.75) is 19.4 Å². The van der Waals surface area contributed by atoms with E-state index in [1.807, 2.05) is 17.0 Å². The number of nitrogens with one attached hydrogen (secondary N) is 1. The number of carboxylic acid groups (broad SMARTS) is 1. The van der Waals surface area contributed by atoms with Crippen molar-refractivity contribution < 1.29 is 14.3 Å². The summed E-state index contributed by atoms with van der Waals surface area (Å²) in [5, 5.41) is 12.2. The van der Waals surface area contributed by atoms with Gasteiger partial charge in [0.1, 0.15) is 17.8 Å². The summed E-state index contributed by atoms with van der Waals surface area (Å²) in [4.78, 5) is 21.5. The summed E-state index contributed by atoms with van der Waals surface area (Å²) in [5.74, 6) is 0.955. The average Bonchev–Trinajstić information content (AvgIpc) is 3.07. The molecule has 3 heterocycles. The standard InChI is InChI=1S/C15H19N5O3/c16-12-13(17-8-11-2-1-7-23-11)18-9-19-14(12)20-5-3-10(4-6-20)15(21)22/h1-2,7,9-10H,3-6,8,16H2,(H,21,22)(H,17,18,19). The molecule has 0 amide bonds. The Morgan fingerprint density at radius 2 is 2.22 bits per heavy atom. The first kappa shape index (κ1) is 15.1. The lowest BCUT2D eigenvalue weighted by atomic mass is 9.97. The van der Waals surface area contributed by atoms with Crippen molar-refractivity contribution in [3.63, 3.8) is 0 Å². The van der Waals surface area contributed by atoms with E-state index in [2.05, 4.69) is 15.3 Å². The smallest absolute Gasteiger partial charge is 0.306 e. The normalized spacial score (nSPS) is 15.6. The second-order valence-electron chi connectivity index (χ2n) is 5.49. The van der Waals surface area contributed by atoms with Crippen LogP contribution in [0.2, 0.25) is 0 Å². The summed E-state index contributed by atoms with van der Waals surface area (Å²) < 4.78 is 5.26. The predicted octanol–water partition coefficient (Wildman–Crippen LogP) is 1.56. The van der Waals surface area contributed by atoms with Crippen molar-refractivity contribution in [3.05, 3.63) is 30.5 Å². The number of nitrogen functional groups attached to an aromatic ring is 1. The molecule has 122 valence electrons. The number of aliphatic carboxylic acids is 1. The number of nitrogens with two attached hydrogens (primary N) is 1. The summed E-state index contributed by atoms with van der Waals surface area (Å²) in [5.41, 5.74) is 6.64. The van der Waals surface area contributed by atoms with E-state index in [1.54, 1.807) is 6.26 Å². The molecule has 0 bridgehead atoms. The van der Waals surface area contributed by atoms with Gasteiger partial charge in [0.05, 0.1) is 18.7 Å². The van der Waals surface area contributed by atoms with E-state index >= 15 is 0 Å². The molecule has 0 unspecified atom stereocenters. The van der Waals surface area contributed by atoms with Crippen LogP contribution < -0.4 is 16.0 Å². The fourth-order valence-corrected chi connectivity index (χ4v) is 2.70. The lowest BCUT2D eigenvalue weighted by Crippen LogP contribution is -2.37. The summed E-state index contributed by atoms with van der Waals surface area (Å²) in [6.45, 7) is 1.72. The first-order valence-corrected chi connectivity index (χ1v) is 7.49.